The van der Waals surface area contributed by atoms with Crippen LogP contribution in [0.1, 0.15) is 42.6 Å². The van der Waals surface area contributed by atoms with Gasteiger partial charge in [0.05, 0.1) is 25.5 Å². The lowest BCUT2D eigenvalue weighted by Gasteiger charge is -2.15. The van der Waals surface area contributed by atoms with Crippen LogP contribution in [0.4, 0.5) is 5.69 Å². The Morgan fingerprint density at radius 1 is 1.11 bits per heavy atom. The molecule has 0 unspecified atom stereocenters. The van der Waals surface area contributed by atoms with Gasteiger partial charge in [0.1, 0.15) is 23.0 Å². The van der Waals surface area contributed by atoms with Crippen LogP contribution in [0.25, 0.3) is 0 Å². The lowest BCUT2D eigenvalue weighted by atomic mass is 9.93. The van der Waals surface area contributed by atoms with Gasteiger partial charge in [0.15, 0.2) is 5.11 Å². The summed E-state index contributed by atoms with van der Waals surface area (Å²) < 4.78 is 16.2. The van der Waals surface area contributed by atoms with Gasteiger partial charge in [-0.1, -0.05) is 20.8 Å². The monoisotopic (exact) mass is 391 g/mol. The summed E-state index contributed by atoms with van der Waals surface area (Å²) in [7, 11) is 3.13. The van der Waals surface area contributed by atoms with E-state index in [9.17, 15) is 4.79 Å². The predicted molar refractivity (Wildman–Crippen MR) is 109 cm³/mol. The van der Waals surface area contributed by atoms with Gasteiger partial charge < -0.3 is 19.2 Å². The van der Waals surface area contributed by atoms with Crippen molar-refractivity contribution in [1.29, 1.82) is 0 Å². The third kappa shape index (κ3) is 5.13. The van der Waals surface area contributed by atoms with E-state index < -0.39 is 0 Å². The lowest BCUT2D eigenvalue weighted by molar-refractivity contribution is 0.0942. The van der Waals surface area contributed by atoms with Gasteiger partial charge in [-0.05, 0) is 37.3 Å². The van der Waals surface area contributed by atoms with Gasteiger partial charge in [0.25, 0.3) is 5.91 Å². The van der Waals surface area contributed by atoms with Crippen LogP contribution in [0.3, 0.4) is 0 Å². The van der Waals surface area contributed by atoms with Gasteiger partial charge in [-0.25, -0.2) is 0 Å². The first-order valence-corrected chi connectivity index (χ1v) is 8.76. The van der Waals surface area contributed by atoms with E-state index >= 15 is 0 Å². The maximum absolute atomic E-state index is 12.4. The SMILES string of the molecule is COc1ccc(OC)c(NC(=S)NNC(=O)c2cc(C(C)(C)C)oc2C)c1. The first kappa shape index (κ1) is 20.6. The van der Waals surface area contributed by atoms with Crippen LogP contribution in [-0.4, -0.2) is 25.2 Å². The number of nitrogens with one attached hydrogen (secondary N) is 3. The van der Waals surface area contributed by atoms with E-state index in [-0.39, 0.29) is 16.4 Å². The van der Waals surface area contributed by atoms with Crippen LogP contribution in [0.5, 0.6) is 11.5 Å². The highest BCUT2D eigenvalue weighted by atomic mass is 32.1. The van der Waals surface area contributed by atoms with E-state index in [4.69, 9.17) is 26.1 Å². The molecule has 0 aliphatic heterocycles. The van der Waals surface area contributed by atoms with Crippen LogP contribution in [0, 0.1) is 6.92 Å². The molecule has 0 radical (unpaired) electrons. The van der Waals surface area contributed by atoms with Crippen molar-refractivity contribution in [1.82, 2.24) is 10.9 Å². The predicted octanol–water partition coefficient (Wildman–Crippen LogP) is 3.53. The van der Waals surface area contributed by atoms with Gasteiger partial charge in [0, 0.05) is 11.5 Å². The van der Waals surface area contributed by atoms with Gasteiger partial charge in [0.2, 0.25) is 0 Å². The normalized spacial score (nSPS) is 10.9. The fraction of sp³-hybridized carbons (Fsp3) is 0.368. The summed E-state index contributed by atoms with van der Waals surface area (Å²) in [5.41, 5.74) is 6.12. The molecule has 0 spiro atoms. The van der Waals surface area contributed by atoms with Crippen LogP contribution in [-0.2, 0) is 5.41 Å². The number of hydrogen-bond acceptors (Lipinski definition) is 5. The van der Waals surface area contributed by atoms with E-state index in [1.165, 1.54) is 0 Å². The average Bonchev–Trinajstić information content (AvgIpc) is 3.01. The Hall–Kier alpha value is -2.74. The van der Waals surface area contributed by atoms with Crippen molar-refractivity contribution in [2.45, 2.75) is 33.1 Å². The topological polar surface area (TPSA) is 84.8 Å². The smallest absolute Gasteiger partial charge is 0.273 e. The average molecular weight is 391 g/mol. The number of rotatable bonds is 4. The Morgan fingerprint density at radius 3 is 2.37 bits per heavy atom. The molecule has 1 aromatic heterocycles. The second kappa shape index (κ2) is 8.30. The number of hydrazine groups is 1. The molecule has 8 heteroatoms. The summed E-state index contributed by atoms with van der Waals surface area (Å²) in [5, 5.41) is 3.17. The summed E-state index contributed by atoms with van der Waals surface area (Å²) >= 11 is 5.23. The zero-order valence-corrected chi connectivity index (χ0v) is 17.2. The fourth-order valence-corrected chi connectivity index (χ4v) is 2.48. The van der Waals surface area contributed by atoms with E-state index in [1.54, 1.807) is 45.4 Å². The van der Waals surface area contributed by atoms with Crippen LogP contribution in [0.15, 0.2) is 28.7 Å². The third-order valence-corrected chi connectivity index (χ3v) is 4.05. The first-order chi connectivity index (χ1) is 12.7. The quantitative estimate of drug-likeness (QED) is 0.543. The Balaban J connectivity index is 2.02. The number of carbonyl (C=O) groups excluding carboxylic acids is 1. The van der Waals surface area contributed by atoms with E-state index in [0.717, 1.165) is 5.76 Å². The van der Waals surface area contributed by atoms with E-state index in [2.05, 4.69) is 16.2 Å². The number of carbonyl (C=O) groups is 1. The van der Waals surface area contributed by atoms with Gasteiger partial charge in [-0.15, -0.1) is 0 Å². The Labute approximate surface area is 164 Å². The number of hydrogen-bond donors (Lipinski definition) is 3. The van der Waals surface area contributed by atoms with Crippen molar-refractivity contribution in [3.05, 3.63) is 41.3 Å². The second-order valence-electron chi connectivity index (χ2n) is 6.93. The van der Waals surface area contributed by atoms with E-state index in [0.29, 0.717) is 28.5 Å². The van der Waals surface area contributed by atoms with Crippen molar-refractivity contribution in [2.24, 2.45) is 0 Å². The largest absolute Gasteiger partial charge is 0.497 e. The molecule has 0 fully saturated rings. The summed E-state index contributed by atoms with van der Waals surface area (Å²) in [5.74, 6) is 2.19. The second-order valence-corrected chi connectivity index (χ2v) is 7.34. The molecule has 1 amide bonds. The molecule has 0 aliphatic carbocycles. The number of methoxy groups -OCH3 is 2. The highest BCUT2D eigenvalue weighted by molar-refractivity contribution is 7.80. The third-order valence-electron chi connectivity index (χ3n) is 3.85. The zero-order chi connectivity index (χ0) is 20.2. The number of benzene rings is 1. The molecule has 0 atom stereocenters. The van der Waals surface area contributed by atoms with Crippen molar-refractivity contribution in [3.63, 3.8) is 0 Å². The Kier molecular flexibility index (Phi) is 6.32. The zero-order valence-electron chi connectivity index (χ0n) is 16.4. The molecule has 1 aromatic carbocycles. The minimum absolute atomic E-state index is 0.184. The number of thiocarbonyl (C=S) groups is 1. The van der Waals surface area contributed by atoms with Crippen molar-refractivity contribution < 1.29 is 18.7 Å². The molecule has 2 rings (SSSR count). The molecule has 2 aromatic rings. The molecular weight excluding hydrogens is 366 g/mol. The maximum atomic E-state index is 12.4. The number of anilines is 1. The van der Waals surface area contributed by atoms with Gasteiger partial charge >= 0.3 is 0 Å². The van der Waals surface area contributed by atoms with E-state index in [1.807, 2.05) is 20.8 Å². The minimum atomic E-state index is -0.339. The standard InChI is InChI=1S/C19H25N3O4S/c1-11-13(10-16(26-11)19(2,3)4)17(23)21-22-18(27)20-14-9-12(24-5)7-8-15(14)25-6/h7-10H,1-6H3,(H,21,23)(H2,20,22,27). The molecule has 1 heterocycles. The number of furan rings is 1. The van der Waals surface area contributed by atoms with Crippen molar-refractivity contribution in [2.75, 3.05) is 19.5 Å². The molecular formula is C19H25N3O4S. The van der Waals surface area contributed by atoms with Gasteiger partial charge in [-0.3, -0.25) is 15.6 Å². The van der Waals surface area contributed by atoms with Crippen LogP contribution in [0.2, 0.25) is 0 Å². The highest BCUT2D eigenvalue weighted by Crippen LogP contribution is 2.29. The fourth-order valence-electron chi connectivity index (χ4n) is 2.32. The Morgan fingerprint density at radius 2 is 1.81 bits per heavy atom. The Bertz CT molecular complexity index is 840. The molecule has 0 saturated heterocycles. The number of ether oxygens (including phenoxy) is 2. The molecule has 3 N–H and O–H groups in total. The highest BCUT2D eigenvalue weighted by Gasteiger charge is 2.23. The summed E-state index contributed by atoms with van der Waals surface area (Å²) in [4.78, 5) is 12.4. The van der Waals surface area contributed by atoms with Crippen molar-refractivity contribution >= 4 is 28.9 Å². The maximum Gasteiger partial charge on any atom is 0.273 e. The summed E-state index contributed by atoms with van der Waals surface area (Å²) in [6.45, 7) is 7.81. The molecule has 0 saturated carbocycles. The molecule has 0 aliphatic rings. The number of aryl methyl sites for hydroxylation is 1. The summed E-state index contributed by atoms with van der Waals surface area (Å²) in [6.07, 6.45) is 0. The number of amides is 1. The van der Waals surface area contributed by atoms with Crippen LogP contribution < -0.4 is 25.6 Å². The molecule has 146 valence electrons. The molecule has 0 bridgehead atoms. The minimum Gasteiger partial charge on any atom is -0.497 e. The van der Waals surface area contributed by atoms with Crippen LogP contribution >= 0.6 is 12.2 Å². The van der Waals surface area contributed by atoms with Gasteiger partial charge in [-0.2, -0.15) is 0 Å². The molecule has 7 nitrogen and oxygen atoms in total. The lowest BCUT2D eigenvalue weighted by Crippen LogP contribution is -2.43. The summed E-state index contributed by atoms with van der Waals surface area (Å²) in [6, 6.07) is 7.01. The first-order valence-electron chi connectivity index (χ1n) is 8.36. The van der Waals surface area contributed by atoms with Crippen molar-refractivity contribution in [3.8, 4) is 11.5 Å². The molecule has 27 heavy (non-hydrogen) atoms.